The zero-order valence-corrected chi connectivity index (χ0v) is 18.6. The number of hydrogen-bond donors (Lipinski definition) is 2. The lowest BCUT2D eigenvalue weighted by atomic mass is 10.1. The van der Waals surface area contributed by atoms with Gasteiger partial charge < -0.3 is 24.8 Å². The van der Waals surface area contributed by atoms with Crippen LogP contribution in [0.4, 0.5) is 0 Å². The minimum atomic E-state index is -0.0117. The molecule has 0 unspecified atom stereocenters. The second-order valence-electron chi connectivity index (χ2n) is 7.11. The Labute approximate surface area is 178 Å². The van der Waals surface area contributed by atoms with Gasteiger partial charge in [0.2, 0.25) is 0 Å². The van der Waals surface area contributed by atoms with Crippen molar-refractivity contribution in [2.45, 2.75) is 33.4 Å². The molecule has 2 N–H and O–H groups in total. The molecule has 0 bridgehead atoms. The molecule has 9 nitrogen and oxygen atoms in total. The zero-order chi connectivity index (χ0) is 21.9. The Balaban J connectivity index is 1.99. The van der Waals surface area contributed by atoms with Gasteiger partial charge in [-0.25, -0.2) is 4.99 Å². The van der Waals surface area contributed by atoms with Crippen LogP contribution in [0.15, 0.2) is 29.3 Å². The average molecular weight is 416 g/mol. The SMILES string of the molecule is CCOCCCNC(=NCc1ccc(C(=O)N(C)C)cc1)NCc1nnc(C)n1C. The molecule has 0 aliphatic carbocycles. The summed E-state index contributed by atoms with van der Waals surface area (Å²) >= 11 is 0. The molecule has 2 aromatic rings. The maximum absolute atomic E-state index is 12.0. The number of nitrogens with zero attached hydrogens (tertiary/aromatic N) is 5. The van der Waals surface area contributed by atoms with Crippen LogP contribution in [0.1, 0.15) is 40.9 Å². The standard InChI is InChI=1S/C21H33N7O2/c1-6-30-13-7-12-22-21(24-15-19-26-25-16(2)28(19)5)23-14-17-8-10-18(11-9-17)20(29)27(3)4/h8-11H,6-7,12-15H2,1-5H3,(H2,22,23,24). The summed E-state index contributed by atoms with van der Waals surface area (Å²) in [5, 5.41) is 14.9. The lowest BCUT2D eigenvalue weighted by Gasteiger charge is -2.13. The predicted octanol–water partition coefficient (Wildman–Crippen LogP) is 1.49. The molecule has 1 heterocycles. The number of guanidine groups is 1. The Morgan fingerprint density at radius 3 is 2.53 bits per heavy atom. The van der Waals surface area contributed by atoms with Crippen LogP contribution < -0.4 is 10.6 Å². The monoisotopic (exact) mass is 415 g/mol. The minimum absolute atomic E-state index is 0.0117. The zero-order valence-electron chi connectivity index (χ0n) is 18.6. The summed E-state index contributed by atoms with van der Waals surface area (Å²) in [7, 11) is 5.43. The highest BCUT2D eigenvalue weighted by molar-refractivity contribution is 5.93. The number of nitrogens with one attached hydrogen (secondary N) is 2. The lowest BCUT2D eigenvalue weighted by molar-refractivity contribution is 0.0827. The molecule has 0 saturated carbocycles. The van der Waals surface area contributed by atoms with E-state index >= 15 is 0 Å². The van der Waals surface area contributed by atoms with Crippen LogP contribution in [0.25, 0.3) is 0 Å². The normalized spacial score (nSPS) is 11.4. The third-order valence-corrected chi connectivity index (χ3v) is 4.59. The van der Waals surface area contributed by atoms with E-state index < -0.39 is 0 Å². The number of carbonyl (C=O) groups excluding carboxylic acids is 1. The van der Waals surface area contributed by atoms with Crippen LogP contribution in [0.2, 0.25) is 0 Å². The molecule has 0 aliphatic rings. The van der Waals surface area contributed by atoms with Crippen molar-refractivity contribution in [3.8, 4) is 0 Å². The number of amides is 1. The van der Waals surface area contributed by atoms with Gasteiger partial charge in [-0.05, 0) is 38.0 Å². The summed E-state index contributed by atoms with van der Waals surface area (Å²) in [6.45, 7) is 7.10. The van der Waals surface area contributed by atoms with E-state index in [1.54, 1.807) is 19.0 Å². The molecule has 164 valence electrons. The van der Waals surface area contributed by atoms with Gasteiger partial charge in [-0.3, -0.25) is 4.79 Å². The first-order chi connectivity index (χ1) is 14.4. The average Bonchev–Trinajstić information content (AvgIpc) is 3.06. The fraction of sp³-hybridized carbons (Fsp3) is 0.524. The van der Waals surface area contributed by atoms with Crippen molar-refractivity contribution in [2.75, 3.05) is 33.9 Å². The molecule has 1 amide bonds. The second-order valence-corrected chi connectivity index (χ2v) is 7.11. The van der Waals surface area contributed by atoms with E-state index in [4.69, 9.17) is 4.74 Å². The topological polar surface area (TPSA) is 96.7 Å². The van der Waals surface area contributed by atoms with Crippen molar-refractivity contribution < 1.29 is 9.53 Å². The first-order valence-electron chi connectivity index (χ1n) is 10.2. The minimum Gasteiger partial charge on any atom is -0.382 e. The van der Waals surface area contributed by atoms with Crippen molar-refractivity contribution in [3.63, 3.8) is 0 Å². The Morgan fingerprint density at radius 2 is 1.93 bits per heavy atom. The lowest BCUT2D eigenvalue weighted by Crippen LogP contribution is -2.38. The van der Waals surface area contributed by atoms with E-state index in [0.29, 0.717) is 31.2 Å². The maximum Gasteiger partial charge on any atom is 0.253 e. The number of rotatable bonds is 10. The fourth-order valence-corrected chi connectivity index (χ4v) is 2.65. The van der Waals surface area contributed by atoms with Gasteiger partial charge in [0.1, 0.15) is 5.82 Å². The van der Waals surface area contributed by atoms with Crippen LogP contribution in [-0.4, -0.2) is 65.4 Å². The molecular formula is C21H33N7O2. The van der Waals surface area contributed by atoms with Crippen molar-refractivity contribution in [3.05, 3.63) is 47.0 Å². The van der Waals surface area contributed by atoms with E-state index in [-0.39, 0.29) is 5.91 Å². The van der Waals surface area contributed by atoms with E-state index in [1.165, 1.54) is 0 Å². The van der Waals surface area contributed by atoms with Gasteiger partial charge in [-0.2, -0.15) is 0 Å². The van der Waals surface area contributed by atoms with E-state index in [2.05, 4.69) is 25.8 Å². The third kappa shape index (κ3) is 7.14. The first-order valence-corrected chi connectivity index (χ1v) is 10.2. The molecule has 2 rings (SSSR count). The molecule has 1 aromatic heterocycles. The fourth-order valence-electron chi connectivity index (χ4n) is 2.65. The number of aryl methyl sites for hydroxylation is 1. The molecule has 0 saturated heterocycles. The first kappa shape index (κ1) is 23.3. The molecular weight excluding hydrogens is 382 g/mol. The maximum atomic E-state index is 12.0. The van der Waals surface area contributed by atoms with Gasteiger partial charge in [0.05, 0.1) is 13.1 Å². The van der Waals surface area contributed by atoms with E-state index in [9.17, 15) is 4.79 Å². The molecule has 0 fully saturated rings. The van der Waals surface area contributed by atoms with Crippen molar-refractivity contribution in [1.29, 1.82) is 0 Å². The summed E-state index contributed by atoms with van der Waals surface area (Å²) in [6.07, 6.45) is 0.888. The Kier molecular flexibility index (Phi) is 9.27. The van der Waals surface area contributed by atoms with Crippen molar-refractivity contribution >= 4 is 11.9 Å². The van der Waals surface area contributed by atoms with Gasteiger partial charge in [0.25, 0.3) is 5.91 Å². The van der Waals surface area contributed by atoms with E-state index in [0.717, 1.165) is 36.8 Å². The van der Waals surface area contributed by atoms with E-state index in [1.807, 2.05) is 49.7 Å². The number of ether oxygens (including phenoxy) is 1. The van der Waals surface area contributed by atoms with Crippen LogP contribution in [0.5, 0.6) is 0 Å². The summed E-state index contributed by atoms with van der Waals surface area (Å²) in [6, 6.07) is 7.52. The summed E-state index contributed by atoms with van der Waals surface area (Å²) in [5.41, 5.74) is 1.69. The molecule has 0 radical (unpaired) electrons. The largest absolute Gasteiger partial charge is 0.382 e. The highest BCUT2D eigenvalue weighted by Crippen LogP contribution is 2.07. The van der Waals surface area contributed by atoms with Crippen LogP contribution in [0, 0.1) is 6.92 Å². The number of hydrogen-bond acceptors (Lipinski definition) is 5. The van der Waals surface area contributed by atoms with Crippen molar-refractivity contribution in [2.24, 2.45) is 12.0 Å². The molecule has 0 spiro atoms. The predicted molar refractivity (Wildman–Crippen MR) is 117 cm³/mol. The highest BCUT2D eigenvalue weighted by atomic mass is 16.5. The van der Waals surface area contributed by atoms with Gasteiger partial charge in [0.15, 0.2) is 11.8 Å². The van der Waals surface area contributed by atoms with Gasteiger partial charge in [0, 0.05) is 46.5 Å². The molecule has 9 heteroatoms. The third-order valence-electron chi connectivity index (χ3n) is 4.59. The highest BCUT2D eigenvalue weighted by Gasteiger charge is 2.08. The molecule has 0 aliphatic heterocycles. The number of aliphatic imine (C=N–C) groups is 1. The Hall–Kier alpha value is -2.94. The number of benzene rings is 1. The molecule has 1 aromatic carbocycles. The smallest absolute Gasteiger partial charge is 0.253 e. The quantitative estimate of drug-likeness (QED) is 0.347. The number of aromatic nitrogens is 3. The van der Waals surface area contributed by atoms with Gasteiger partial charge in [-0.1, -0.05) is 12.1 Å². The Bertz CT molecular complexity index is 828. The second kappa shape index (κ2) is 11.9. The molecule has 0 atom stereocenters. The molecule has 30 heavy (non-hydrogen) atoms. The van der Waals surface area contributed by atoms with Gasteiger partial charge in [-0.15, -0.1) is 10.2 Å². The van der Waals surface area contributed by atoms with Crippen LogP contribution in [0.3, 0.4) is 0 Å². The summed E-state index contributed by atoms with van der Waals surface area (Å²) in [4.78, 5) is 18.3. The van der Waals surface area contributed by atoms with Crippen LogP contribution >= 0.6 is 0 Å². The summed E-state index contributed by atoms with van der Waals surface area (Å²) < 4.78 is 7.33. The summed E-state index contributed by atoms with van der Waals surface area (Å²) in [5.74, 6) is 2.38. The van der Waals surface area contributed by atoms with Gasteiger partial charge >= 0.3 is 0 Å². The Morgan fingerprint density at radius 1 is 1.20 bits per heavy atom. The van der Waals surface area contributed by atoms with Crippen molar-refractivity contribution in [1.82, 2.24) is 30.3 Å². The number of carbonyl (C=O) groups is 1. The van der Waals surface area contributed by atoms with Crippen LogP contribution in [-0.2, 0) is 24.9 Å².